The lowest BCUT2D eigenvalue weighted by Crippen LogP contribution is -2.54. The lowest BCUT2D eigenvalue weighted by atomic mass is 9.92. The fourth-order valence-corrected chi connectivity index (χ4v) is 4.72. The topological polar surface area (TPSA) is 101 Å². The SMILES string of the molecule is C/C=C/c1cc(C(O)(C(F)(F)F)C(F)(F)F)cnc1Oc1cccc(CN2C(=O)NC(C)(c3ccc(OC(C)C)cc3)C2=O)c1. The highest BCUT2D eigenvalue weighted by atomic mass is 19.4. The van der Waals surface area contributed by atoms with Gasteiger partial charge < -0.3 is 19.9 Å². The number of hydrogen-bond acceptors (Lipinski definition) is 6. The number of rotatable bonds is 9. The average Bonchev–Trinajstić information content (AvgIpc) is 3.16. The summed E-state index contributed by atoms with van der Waals surface area (Å²) in [5.74, 6) is -0.212. The second-order valence-corrected chi connectivity index (χ2v) is 10.7. The van der Waals surface area contributed by atoms with Crippen LogP contribution in [-0.2, 0) is 22.5 Å². The standard InChI is InChI=1S/C31H29F6N3O5/c1-5-7-20-15-22(29(43,30(32,33)34)31(35,36)37)16-38-25(20)45-24-9-6-8-19(14-24)17-40-26(41)28(4,39-27(40)42)21-10-12-23(13-11-21)44-18(2)3/h5-16,18,43H,17H2,1-4H3,(H,39,42)/b7-5+. The fraction of sp³-hybridized carbons (Fsp3) is 0.323. The van der Waals surface area contributed by atoms with Crippen LogP contribution in [0.25, 0.3) is 6.08 Å². The number of nitrogens with zero attached hydrogens (tertiary/aromatic N) is 2. The number of benzene rings is 2. The van der Waals surface area contributed by atoms with Gasteiger partial charge in [0.25, 0.3) is 11.5 Å². The van der Waals surface area contributed by atoms with E-state index in [4.69, 9.17) is 9.47 Å². The zero-order chi connectivity index (χ0) is 33.4. The number of halogens is 6. The number of carbonyl (C=O) groups is 2. The summed E-state index contributed by atoms with van der Waals surface area (Å²) in [6.07, 6.45) is -9.48. The lowest BCUT2D eigenvalue weighted by Gasteiger charge is -2.32. The minimum Gasteiger partial charge on any atom is -0.491 e. The van der Waals surface area contributed by atoms with Crippen LogP contribution in [0.5, 0.6) is 17.4 Å². The second kappa shape index (κ2) is 12.1. The van der Waals surface area contributed by atoms with Crippen molar-refractivity contribution in [2.75, 3.05) is 0 Å². The number of urea groups is 1. The Hall–Kier alpha value is -4.59. The first-order valence-corrected chi connectivity index (χ1v) is 13.6. The summed E-state index contributed by atoms with van der Waals surface area (Å²) in [6, 6.07) is 12.6. The molecular weight excluding hydrogens is 608 g/mol. The van der Waals surface area contributed by atoms with Gasteiger partial charge in [0.2, 0.25) is 5.88 Å². The Bertz CT molecular complexity index is 1590. The van der Waals surface area contributed by atoms with Gasteiger partial charge in [0.15, 0.2) is 0 Å². The van der Waals surface area contributed by atoms with Crippen molar-refractivity contribution in [3.8, 4) is 17.4 Å². The van der Waals surface area contributed by atoms with Crippen LogP contribution in [0.3, 0.4) is 0 Å². The molecule has 45 heavy (non-hydrogen) atoms. The largest absolute Gasteiger partial charge is 0.491 e. The van der Waals surface area contributed by atoms with Crippen LogP contribution >= 0.6 is 0 Å². The molecule has 2 heterocycles. The maximum atomic E-state index is 13.4. The molecular formula is C31H29F6N3O5. The summed E-state index contributed by atoms with van der Waals surface area (Å²) in [5.41, 5.74) is -7.38. The third-order valence-corrected chi connectivity index (χ3v) is 7.00. The molecule has 0 radical (unpaired) electrons. The van der Waals surface area contributed by atoms with Gasteiger partial charge >= 0.3 is 18.4 Å². The molecule has 14 heteroatoms. The highest BCUT2D eigenvalue weighted by molar-refractivity contribution is 6.07. The van der Waals surface area contributed by atoms with E-state index in [1.54, 1.807) is 37.3 Å². The molecule has 0 saturated carbocycles. The molecule has 1 aliphatic heterocycles. The maximum absolute atomic E-state index is 13.4. The van der Waals surface area contributed by atoms with Gasteiger partial charge in [0, 0.05) is 17.3 Å². The summed E-state index contributed by atoms with van der Waals surface area (Å²) in [4.78, 5) is 31.0. The molecule has 0 spiro atoms. The van der Waals surface area contributed by atoms with Crippen molar-refractivity contribution in [3.05, 3.63) is 89.1 Å². The normalized spacial score (nSPS) is 17.7. The van der Waals surface area contributed by atoms with Crippen LogP contribution in [0.15, 0.2) is 66.9 Å². The van der Waals surface area contributed by atoms with E-state index in [-0.39, 0.29) is 36.0 Å². The maximum Gasteiger partial charge on any atom is 0.430 e. The van der Waals surface area contributed by atoms with Crippen LogP contribution in [0.2, 0.25) is 0 Å². The number of hydrogen-bond donors (Lipinski definition) is 2. The van der Waals surface area contributed by atoms with Gasteiger partial charge in [-0.05, 0) is 69.2 Å². The van der Waals surface area contributed by atoms with Gasteiger partial charge in [-0.3, -0.25) is 9.69 Å². The number of aliphatic hydroxyl groups is 1. The number of carbonyl (C=O) groups excluding carboxylic acids is 2. The van der Waals surface area contributed by atoms with E-state index in [2.05, 4.69) is 10.3 Å². The number of nitrogens with one attached hydrogen (secondary N) is 1. The Morgan fingerprint density at radius 1 is 1.00 bits per heavy atom. The number of ether oxygens (including phenoxy) is 2. The van der Waals surface area contributed by atoms with E-state index in [1.165, 1.54) is 37.3 Å². The number of aromatic nitrogens is 1. The van der Waals surface area contributed by atoms with Crippen molar-refractivity contribution in [3.63, 3.8) is 0 Å². The molecule has 0 aliphatic carbocycles. The third-order valence-electron chi connectivity index (χ3n) is 7.00. The van der Waals surface area contributed by atoms with Crippen molar-refractivity contribution >= 4 is 18.0 Å². The highest BCUT2D eigenvalue weighted by Crippen LogP contribution is 2.50. The molecule has 1 unspecified atom stereocenters. The Labute approximate surface area is 254 Å². The van der Waals surface area contributed by atoms with E-state index in [9.17, 15) is 41.0 Å². The Morgan fingerprint density at radius 2 is 1.64 bits per heavy atom. The summed E-state index contributed by atoms with van der Waals surface area (Å²) >= 11 is 0. The van der Waals surface area contributed by atoms with Crippen molar-refractivity contribution in [2.24, 2.45) is 0 Å². The van der Waals surface area contributed by atoms with Gasteiger partial charge in [-0.15, -0.1) is 0 Å². The number of imide groups is 1. The fourth-order valence-electron chi connectivity index (χ4n) is 4.72. The first kappa shape index (κ1) is 33.3. The first-order valence-electron chi connectivity index (χ1n) is 13.6. The second-order valence-electron chi connectivity index (χ2n) is 10.7. The molecule has 240 valence electrons. The molecule has 2 aromatic carbocycles. The smallest absolute Gasteiger partial charge is 0.430 e. The molecule has 1 saturated heterocycles. The number of pyridine rings is 1. The number of alkyl halides is 6. The summed E-state index contributed by atoms with van der Waals surface area (Å²) in [6.45, 7) is 6.61. The summed E-state index contributed by atoms with van der Waals surface area (Å²) in [7, 11) is 0. The molecule has 1 aliphatic rings. The molecule has 2 N–H and O–H groups in total. The molecule has 8 nitrogen and oxygen atoms in total. The number of amides is 3. The van der Waals surface area contributed by atoms with Crippen LogP contribution in [0.1, 0.15) is 49.9 Å². The van der Waals surface area contributed by atoms with Crippen LogP contribution in [0.4, 0.5) is 31.1 Å². The van der Waals surface area contributed by atoms with Crippen molar-refractivity contribution in [2.45, 2.75) is 63.8 Å². The van der Waals surface area contributed by atoms with E-state index >= 15 is 0 Å². The van der Waals surface area contributed by atoms with Gasteiger partial charge in [0.05, 0.1) is 12.6 Å². The van der Waals surface area contributed by atoms with Gasteiger partial charge in [-0.2, -0.15) is 26.3 Å². The lowest BCUT2D eigenvalue weighted by molar-refractivity contribution is -0.376. The predicted molar refractivity (Wildman–Crippen MR) is 150 cm³/mol. The number of allylic oxidation sites excluding steroid dienone is 1. The summed E-state index contributed by atoms with van der Waals surface area (Å²) < 4.78 is 91.8. The summed E-state index contributed by atoms with van der Waals surface area (Å²) in [5, 5.41) is 12.5. The van der Waals surface area contributed by atoms with Crippen molar-refractivity contribution in [1.82, 2.24) is 15.2 Å². The zero-order valence-electron chi connectivity index (χ0n) is 24.5. The molecule has 0 bridgehead atoms. The Morgan fingerprint density at radius 3 is 2.22 bits per heavy atom. The first-order chi connectivity index (χ1) is 20.9. The molecule has 1 aromatic heterocycles. The minimum absolute atomic E-state index is 0.0527. The third kappa shape index (κ3) is 6.46. The highest BCUT2D eigenvalue weighted by Gasteiger charge is 2.71. The van der Waals surface area contributed by atoms with E-state index in [0.717, 1.165) is 4.90 Å². The Kier molecular flexibility index (Phi) is 8.93. The van der Waals surface area contributed by atoms with Crippen LogP contribution < -0.4 is 14.8 Å². The minimum atomic E-state index is -6.09. The molecule has 1 fully saturated rings. The molecule has 1 atom stereocenters. The Balaban J connectivity index is 1.57. The van der Waals surface area contributed by atoms with Gasteiger partial charge in [0.1, 0.15) is 17.0 Å². The van der Waals surface area contributed by atoms with Crippen LogP contribution in [0, 0.1) is 0 Å². The van der Waals surface area contributed by atoms with Crippen molar-refractivity contribution in [1.29, 1.82) is 0 Å². The van der Waals surface area contributed by atoms with Gasteiger partial charge in [-0.25, -0.2) is 9.78 Å². The van der Waals surface area contributed by atoms with Crippen molar-refractivity contribution < 1.29 is 50.5 Å². The van der Waals surface area contributed by atoms with E-state index in [1.807, 2.05) is 13.8 Å². The molecule has 4 rings (SSSR count). The average molecular weight is 638 g/mol. The predicted octanol–water partition coefficient (Wildman–Crippen LogP) is 6.97. The molecule has 3 aromatic rings. The zero-order valence-corrected chi connectivity index (χ0v) is 24.5. The molecule has 3 amide bonds. The monoisotopic (exact) mass is 637 g/mol. The van der Waals surface area contributed by atoms with E-state index < -0.39 is 41.0 Å². The van der Waals surface area contributed by atoms with Crippen LogP contribution in [-0.4, -0.2) is 45.4 Å². The van der Waals surface area contributed by atoms with Gasteiger partial charge in [-0.1, -0.05) is 36.4 Å². The quantitative estimate of drug-likeness (QED) is 0.194. The van der Waals surface area contributed by atoms with E-state index in [0.29, 0.717) is 22.9 Å².